The summed E-state index contributed by atoms with van der Waals surface area (Å²) in [5.74, 6) is -1.30. The number of amides is 4. The van der Waals surface area contributed by atoms with Gasteiger partial charge in [0.2, 0.25) is 11.8 Å². The molecule has 2 rings (SSSR count). The zero-order chi connectivity index (χ0) is 30.4. The van der Waals surface area contributed by atoms with E-state index in [1.54, 1.807) is 0 Å². The van der Waals surface area contributed by atoms with Gasteiger partial charge in [-0.2, -0.15) is 0 Å². The van der Waals surface area contributed by atoms with Crippen molar-refractivity contribution in [1.82, 2.24) is 21.0 Å². The predicted octanol–water partition coefficient (Wildman–Crippen LogP) is 3.61. The second-order valence-electron chi connectivity index (χ2n) is 10.8. The zero-order valence-electron chi connectivity index (χ0n) is 24.9. The van der Waals surface area contributed by atoms with Crippen LogP contribution in [0.2, 0.25) is 0 Å². The van der Waals surface area contributed by atoms with E-state index in [2.05, 4.69) is 16.0 Å². The first-order valence-corrected chi connectivity index (χ1v) is 13.9. The topological polar surface area (TPSA) is 126 Å². The van der Waals surface area contributed by atoms with Gasteiger partial charge in [-0.3, -0.25) is 19.2 Å². The fourth-order valence-electron chi connectivity index (χ4n) is 4.22. The highest BCUT2D eigenvalue weighted by atomic mass is 16.7. The van der Waals surface area contributed by atoms with Gasteiger partial charge in [-0.25, -0.2) is 9.86 Å². The Bertz CT molecular complexity index is 1110. The third-order valence-corrected chi connectivity index (χ3v) is 6.35. The summed E-state index contributed by atoms with van der Waals surface area (Å²) in [6.45, 7) is 7.79. The van der Waals surface area contributed by atoms with Crippen molar-refractivity contribution in [3.05, 3.63) is 71.8 Å². The molecule has 10 nitrogen and oxygen atoms in total. The molecule has 0 fully saturated rings. The second kappa shape index (κ2) is 17.0. The Morgan fingerprint density at radius 1 is 0.707 bits per heavy atom. The number of rotatable bonds is 15. The fourth-order valence-corrected chi connectivity index (χ4v) is 4.22. The van der Waals surface area contributed by atoms with E-state index < -0.39 is 41.9 Å². The molecule has 0 aromatic heterocycles. The fraction of sp³-hybridized carbons (Fsp3) is 0.484. The summed E-state index contributed by atoms with van der Waals surface area (Å²) in [5.41, 5.74) is 1.68. The van der Waals surface area contributed by atoms with E-state index in [0.717, 1.165) is 16.2 Å². The lowest BCUT2D eigenvalue weighted by molar-refractivity contribution is -0.171. The molecule has 2 aromatic carbocycles. The number of ether oxygens (including phenoxy) is 1. The summed E-state index contributed by atoms with van der Waals surface area (Å²) >= 11 is 0. The molecule has 0 aliphatic carbocycles. The molecule has 0 spiro atoms. The number of nitrogens with zero attached hydrogens (tertiary/aromatic N) is 1. The highest BCUT2D eigenvalue weighted by Gasteiger charge is 2.31. The smallest absolute Gasteiger partial charge is 0.408 e. The van der Waals surface area contributed by atoms with Crippen molar-refractivity contribution in [1.29, 1.82) is 0 Å². The summed E-state index contributed by atoms with van der Waals surface area (Å²) in [5, 5.41) is 9.33. The number of carbonyl (C=O) groups excluding carboxylic acids is 4. The molecule has 2 aromatic rings. The first-order valence-electron chi connectivity index (χ1n) is 13.9. The maximum Gasteiger partial charge on any atom is 0.408 e. The SMILES string of the molecule is CON(C)C(=O)C(Cc1ccccc1)NC(=O)C(CC(C)C)NC(=O)C(CC(C)C)NC(=O)OCc1ccccc1. The van der Waals surface area contributed by atoms with E-state index in [0.29, 0.717) is 12.8 Å². The van der Waals surface area contributed by atoms with Crippen LogP contribution in [0.5, 0.6) is 0 Å². The van der Waals surface area contributed by atoms with E-state index in [4.69, 9.17) is 9.57 Å². The number of hydrogen-bond donors (Lipinski definition) is 3. The van der Waals surface area contributed by atoms with Gasteiger partial charge in [-0.05, 0) is 35.8 Å². The van der Waals surface area contributed by atoms with E-state index in [9.17, 15) is 19.2 Å². The highest BCUT2D eigenvalue weighted by molar-refractivity contribution is 5.93. The second-order valence-corrected chi connectivity index (χ2v) is 10.8. The van der Waals surface area contributed by atoms with E-state index >= 15 is 0 Å². The lowest BCUT2D eigenvalue weighted by Gasteiger charge is -2.28. The summed E-state index contributed by atoms with van der Waals surface area (Å²) in [6, 6.07) is 15.8. The predicted molar refractivity (Wildman–Crippen MR) is 156 cm³/mol. The molecular weight excluding hydrogens is 524 g/mol. The van der Waals surface area contributed by atoms with Gasteiger partial charge in [0.1, 0.15) is 24.7 Å². The largest absolute Gasteiger partial charge is 0.445 e. The van der Waals surface area contributed by atoms with Gasteiger partial charge < -0.3 is 20.7 Å². The van der Waals surface area contributed by atoms with Gasteiger partial charge in [-0.1, -0.05) is 88.4 Å². The minimum absolute atomic E-state index is 0.0586. The van der Waals surface area contributed by atoms with Crippen LogP contribution in [-0.2, 0) is 37.0 Å². The number of hydroxylamine groups is 2. The van der Waals surface area contributed by atoms with Crippen LogP contribution >= 0.6 is 0 Å². The van der Waals surface area contributed by atoms with Crippen LogP contribution in [0.1, 0.15) is 51.7 Å². The van der Waals surface area contributed by atoms with Crippen LogP contribution in [0, 0.1) is 11.8 Å². The number of carbonyl (C=O) groups is 4. The van der Waals surface area contributed by atoms with Crippen LogP contribution in [-0.4, -0.2) is 61.2 Å². The maximum absolute atomic E-state index is 13.5. The standard InChI is InChI=1S/C31H44N4O6/c1-21(2)17-25(28(36)33-27(30(38)35(5)40-6)19-23-13-9-7-10-14-23)32-29(37)26(18-22(3)4)34-31(39)41-20-24-15-11-8-12-16-24/h7-16,21-22,25-27H,17-20H2,1-6H3,(H,32,37)(H,33,36)(H,34,39). The summed E-state index contributed by atoms with van der Waals surface area (Å²) in [4.78, 5) is 57.5. The van der Waals surface area contributed by atoms with Gasteiger partial charge in [0.05, 0.1) is 7.11 Å². The maximum atomic E-state index is 13.5. The highest BCUT2D eigenvalue weighted by Crippen LogP contribution is 2.12. The molecule has 3 N–H and O–H groups in total. The first kappa shape index (κ1) is 33.3. The molecule has 0 radical (unpaired) electrons. The number of alkyl carbamates (subject to hydrolysis) is 1. The quantitative estimate of drug-likeness (QED) is 0.282. The van der Waals surface area contributed by atoms with Crippen molar-refractivity contribution >= 4 is 23.8 Å². The summed E-state index contributed by atoms with van der Waals surface area (Å²) in [6.07, 6.45) is 0.189. The minimum atomic E-state index is -0.932. The van der Waals surface area contributed by atoms with Crippen LogP contribution in [0.4, 0.5) is 4.79 Å². The van der Waals surface area contributed by atoms with Crippen molar-refractivity contribution in [3.63, 3.8) is 0 Å². The van der Waals surface area contributed by atoms with Gasteiger partial charge in [0, 0.05) is 13.5 Å². The molecule has 0 aliphatic rings. The Morgan fingerprint density at radius 2 is 1.17 bits per heavy atom. The van der Waals surface area contributed by atoms with Gasteiger partial charge in [-0.15, -0.1) is 0 Å². The zero-order valence-corrected chi connectivity index (χ0v) is 24.9. The molecule has 3 unspecified atom stereocenters. The summed E-state index contributed by atoms with van der Waals surface area (Å²) in [7, 11) is 2.84. The van der Waals surface area contributed by atoms with Crippen molar-refractivity contribution in [2.45, 2.75) is 71.7 Å². The molecule has 224 valence electrons. The molecule has 3 atom stereocenters. The number of likely N-dealkylation sites (N-methyl/N-ethyl adjacent to an activating group) is 1. The monoisotopic (exact) mass is 568 g/mol. The molecule has 10 heteroatoms. The molecule has 0 heterocycles. The van der Waals surface area contributed by atoms with E-state index in [1.807, 2.05) is 88.4 Å². The molecule has 0 bridgehead atoms. The third-order valence-electron chi connectivity index (χ3n) is 6.35. The van der Waals surface area contributed by atoms with Crippen LogP contribution in [0.3, 0.4) is 0 Å². The third kappa shape index (κ3) is 12.0. The van der Waals surface area contributed by atoms with Crippen molar-refractivity contribution in [2.75, 3.05) is 14.2 Å². The minimum Gasteiger partial charge on any atom is -0.445 e. The van der Waals surface area contributed by atoms with E-state index in [1.165, 1.54) is 14.2 Å². The Balaban J connectivity index is 2.15. The number of nitrogens with one attached hydrogen (secondary N) is 3. The Labute approximate surface area is 243 Å². The van der Waals surface area contributed by atoms with Crippen molar-refractivity contribution in [3.8, 4) is 0 Å². The molecule has 4 amide bonds. The van der Waals surface area contributed by atoms with Gasteiger partial charge in [0.15, 0.2) is 0 Å². The van der Waals surface area contributed by atoms with Crippen molar-refractivity contribution < 1.29 is 28.8 Å². The average molecular weight is 569 g/mol. The Morgan fingerprint density at radius 3 is 1.66 bits per heavy atom. The first-order chi connectivity index (χ1) is 19.5. The molecule has 0 saturated heterocycles. The number of benzene rings is 2. The van der Waals surface area contributed by atoms with Gasteiger partial charge in [0.25, 0.3) is 5.91 Å². The normalized spacial score (nSPS) is 13.2. The van der Waals surface area contributed by atoms with Crippen molar-refractivity contribution in [2.24, 2.45) is 11.8 Å². The van der Waals surface area contributed by atoms with Gasteiger partial charge >= 0.3 is 6.09 Å². The molecule has 0 saturated carbocycles. The van der Waals surface area contributed by atoms with Crippen LogP contribution < -0.4 is 16.0 Å². The molecule has 0 aliphatic heterocycles. The molecule has 41 heavy (non-hydrogen) atoms. The lowest BCUT2D eigenvalue weighted by atomic mass is 9.99. The Hall–Kier alpha value is -3.92. The number of hydrogen-bond acceptors (Lipinski definition) is 6. The van der Waals surface area contributed by atoms with E-state index in [-0.39, 0.29) is 24.9 Å². The molecular formula is C31H44N4O6. The van der Waals surface area contributed by atoms with Crippen LogP contribution in [0.15, 0.2) is 60.7 Å². The van der Waals surface area contributed by atoms with Crippen LogP contribution in [0.25, 0.3) is 0 Å². The average Bonchev–Trinajstić information content (AvgIpc) is 2.94. The summed E-state index contributed by atoms with van der Waals surface area (Å²) < 4.78 is 5.31. The Kier molecular flexibility index (Phi) is 13.8. The lowest BCUT2D eigenvalue weighted by Crippen LogP contribution is -2.57.